The number of amides is 2. The monoisotopic (exact) mass is 378 g/mol. The third kappa shape index (κ3) is 3.00. The standard InChI is InChI=1S/C20H24ClFN2O2/c1-13-3-6-15(22)16(17(13)21)18(25)24-10-8-20(12-24)7-2-9-23(19(20)26)11-14-4-5-14/h3,6,14H,2,4-5,7-12H2,1H3/t20-/m0/s1. The maximum atomic E-state index is 14.3. The fraction of sp³-hybridized carbons (Fsp3) is 0.600. The molecule has 1 atom stereocenters. The number of aryl methyl sites for hydroxylation is 1. The molecule has 2 aliphatic heterocycles. The number of piperidine rings is 1. The highest BCUT2D eigenvalue weighted by Gasteiger charge is 2.50. The average molecular weight is 379 g/mol. The van der Waals surface area contributed by atoms with E-state index in [1.54, 1.807) is 17.9 Å². The fourth-order valence-electron chi connectivity index (χ4n) is 4.37. The van der Waals surface area contributed by atoms with Gasteiger partial charge in [-0.3, -0.25) is 9.59 Å². The van der Waals surface area contributed by atoms with E-state index in [1.165, 1.54) is 18.9 Å². The van der Waals surface area contributed by atoms with Crippen molar-refractivity contribution < 1.29 is 14.0 Å². The number of rotatable bonds is 3. The van der Waals surface area contributed by atoms with Crippen molar-refractivity contribution in [3.63, 3.8) is 0 Å². The van der Waals surface area contributed by atoms with Crippen molar-refractivity contribution in [1.29, 1.82) is 0 Å². The van der Waals surface area contributed by atoms with Gasteiger partial charge >= 0.3 is 0 Å². The van der Waals surface area contributed by atoms with Crippen LogP contribution in [0.1, 0.15) is 48.0 Å². The van der Waals surface area contributed by atoms with Gasteiger partial charge < -0.3 is 9.80 Å². The topological polar surface area (TPSA) is 40.6 Å². The van der Waals surface area contributed by atoms with Crippen molar-refractivity contribution in [2.45, 2.75) is 39.0 Å². The van der Waals surface area contributed by atoms with E-state index in [2.05, 4.69) is 0 Å². The van der Waals surface area contributed by atoms with E-state index in [4.69, 9.17) is 11.6 Å². The van der Waals surface area contributed by atoms with Crippen LogP contribution in [0.4, 0.5) is 4.39 Å². The quantitative estimate of drug-likeness (QED) is 0.805. The lowest BCUT2D eigenvalue weighted by atomic mass is 9.78. The molecule has 1 aromatic rings. The lowest BCUT2D eigenvalue weighted by Crippen LogP contribution is -2.51. The second-order valence-electron chi connectivity index (χ2n) is 8.11. The first-order valence-corrected chi connectivity index (χ1v) is 9.82. The summed E-state index contributed by atoms with van der Waals surface area (Å²) in [5.74, 6) is -0.160. The predicted octanol–water partition coefficient (Wildman–Crippen LogP) is 3.65. The summed E-state index contributed by atoms with van der Waals surface area (Å²) in [6.07, 6.45) is 4.86. The number of benzene rings is 1. The van der Waals surface area contributed by atoms with Gasteiger partial charge in [-0.2, -0.15) is 0 Å². The van der Waals surface area contributed by atoms with E-state index < -0.39 is 17.1 Å². The van der Waals surface area contributed by atoms with Gasteiger partial charge in [0, 0.05) is 26.2 Å². The van der Waals surface area contributed by atoms with Crippen molar-refractivity contribution in [2.24, 2.45) is 11.3 Å². The van der Waals surface area contributed by atoms with Crippen LogP contribution in [0.5, 0.6) is 0 Å². The molecule has 4 rings (SSSR count). The zero-order valence-corrected chi connectivity index (χ0v) is 15.8. The average Bonchev–Trinajstić information content (AvgIpc) is 3.33. The first-order chi connectivity index (χ1) is 12.4. The summed E-state index contributed by atoms with van der Waals surface area (Å²) in [6, 6.07) is 2.85. The molecule has 0 N–H and O–H groups in total. The number of carbonyl (C=O) groups is 2. The van der Waals surface area contributed by atoms with Crippen LogP contribution in [-0.4, -0.2) is 47.8 Å². The Morgan fingerprint density at radius 1 is 1.31 bits per heavy atom. The molecule has 0 aromatic heterocycles. The Morgan fingerprint density at radius 2 is 2.08 bits per heavy atom. The van der Waals surface area contributed by atoms with Crippen LogP contribution in [0.25, 0.3) is 0 Å². The molecule has 3 fully saturated rings. The Hall–Kier alpha value is -1.62. The number of likely N-dealkylation sites (tertiary alicyclic amines) is 2. The first-order valence-electron chi connectivity index (χ1n) is 9.44. The molecule has 1 aromatic carbocycles. The summed E-state index contributed by atoms with van der Waals surface area (Å²) in [4.78, 5) is 29.6. The van der Waals surface area contributed by atoms with Gasteiger partial charge in [-0.1, -0.05) is 17.7 Å². The van der Waals surface area contributed by atoms with Crippen LogP contribution >= 0.6 is 11.6 Å². The molecule has 4 nitrogen and oxygen atoms in total. The van der Waals surface area contributed by atoms with Crippen molar-refractivity contribution in [2.75, 3.05) is 26.2 Å². The second kappa shape index (κ2) is 6.52. The molecule has 2 heterocycles. The molecule has 1 spiro atoms. The smallest absolute Gasteiger partial charge is 0.258 e. The van der Waals surface area contributed by atoms with E-state index in [9.17, 15) is 14.0 Å². The summed E-state index contributed by atoms with van der Waals surface area (Å²) < 4.78 is 14.3. The highest BCUT2D eigenvalue weighted by molar-refractivity contribution is 6.34. The van der Waals surface area contributed by atoms with Crippen LogP contribution in [-0.2, 0) is 4.79 Å². The van der Waals surface area contributed by atoms with Crippen molar-refractivity contribution >= 4 is 23.4 Å². The van der Waals surface area contributed by atoms with Crippen LogP contribution in [0.3, 0.4) is 0 Å². The van der Waals surface area contributed by atoms with Gasteiger partial charge in [0.2, 0.25) is 5.91 Å². The van der Waals surface area contributed by atoms with E-state index in [1.807, 2.05) is 4.90 Å². The molecule has 0 unspecified atom stereocenters. The molecule has 26 heavy (non-hydrogen) atoms. The lowest BCUT2D eigenvalue weighted by Gasteiger charge is -2.39. The minimum Gasteiger partial charge on any atom is -0.342 e. The van der Waals surface area contributed by atoms with E-state index in [-0.39, 0.29) is 16.5 Å². The minimum atomic E-state index is -0.600. The van der Waals surface area contributed by atoms with E-state index in [0.29, 0.717) is 31.0 Å². The molecule has 2 amide bonds. The van der Waals surface area contributed by atoms with Gasteiger partial charge in [-0.05, 0) is 56.6 Å². The second-order valence-corrected chi connectivity index (χ2v) is 8.49. The zero-order valence-electron chi connectivity index (χ0n) is 15.1. The normalized spacial score (nSPS) is 26.0. The Bertz CT molecular complexity index is 764. The zero-order chi connectivity index (χ0) is 18.5. The van der Waals surface area contributed by atoms with Gasteiger partial charge in [0.15, 0.2) is 0 Å². The SMILES string of the molecule is Cc1ccc(F)c(C(=O)N2CC[C@@]3(CCCN(CC4CC4)C3=O)C2)c1Cl. The van der Waals surface area contributed by atoms with Crippen molar-refractivity contribution in [3.05, 3.63) is 34.1 Å². The number of hydrogen-bond acceptors (Lipinski definition) is 2. The Kier molecular flexibility index (Phi) is 4.46. The third-order valence-corrected chi connectivity index (χ3v) is 6.63. The first kappa shape index (κ1) is 17.8. The molecule has 2 saturated heterocycles. The molecular formula is C20H24ClFN2O2. The number of halogens is 2. The maximum absolute atomic E-state index is 14.3. The Balaban J connectivity index is 1.53. The van der Waals surface area contributed by atoms with Gasteiger partial charge in [-0.15, -0.1) is 0 Å². The molecular weight excluding hydrogens is 355 g/mol. The third-order valence-electron chi connectivity index (χ3n) is 6.14. The lowest BCUT2D eigenvalue weighted by molar-refractivity contribution is -0.145. The van der Waals surface area contributed by atoms with E-state index in [0.717, 1.165) is 25.9 Å². The Labute approximate surface area is 158 Å². The predicted molar refractivity (Wildman–Crippen MR) is 97.6 cm³/mol. The van der Waals surface area contributed by atoms with Crippen molar-refractivity contribution in [3.8, 4) is 0 Å². The van der Waals surface area contributed by atoms with Crippen LogP contribution in [0.2, 0.25) is 5.02 Å². The highest BCUT2D eigenvalue weighted by atomic mass is 35.5. The van der Waals surface area contributed by atoms with Gasteiger partial charge in [0.25, 0.3) is 5.91 Å². The Morgan fingerprint density at radius 3 is 2.81 bits per heavy atom. The number of hydrogen-bond donors (Lipinski definition) is 0. The summed E-state index contributed by atoms with van der Waals surface area (Å²) >= 11 is 6.20. The van der Waals surface area contributed by atoms with Gasteiger partial charge in [0.05, 0.1) is 16.0 Å². The van der Waals surface area contributed by atoms with Gasteiger partial charge in [-0.25, -0.2) is 4.39 Å². The van der Waals surface area contributed by atoms with Crippen LogP contribution in [0, 0.1) is 24.1 Å². The largest absolute Gasteiger partial charge is 0.342 e. The molecule has 0 radical (unpaired) electrons. The van der Waals surface area contributed by atoms with Crippen molar-refractivity contribution in [1.82, 2.24) is 9.80 Å². The van der Waals surface area contributed by atoms with E-state index >= 15 is 0 Å². The molecule has 1 saturated carbocycles. The summed E-state index contributed by atoms with van der Waals surface area (Å²) in [7, 11) is 0. The number of carbonyl (C=O) groups excluding carboxylic acids is 2. The summed E-state index contributed by atoms with van der Waals surface area (Å²) in [6.45, 7) is 4.28. The highest BCUT2D eigenvalue weighted by Crippen LogP contribution is 2.42. The maximum Gasteiger partial charge on any atom is 0.258 e. The fourth-order valence-corrected chi connectivity index (χ4v) is 4.61. The summed E-state index contributed by atoms with van der Waals surface area (Å²) in [5.41, 5.74) is 0.117. The number of nitrogens with zero attached hydrogens (tertiary/aromatic N) is 2. The summed E-state index contributed by atoms with van der Waals surface area (Å²) in [5, 5.41) is 0.168. The molecule has 0 bridgehead atoms. The molecule has 3 aliphatic rings. The molecule has 140 valence electrons. The molecule has 1 aliphatic carbocycles. The minimum absolute atomic E-state index is 0.0678. The molecule has 6 heteroatoms. The van der Waals surface area contributed by atoms with Crippen LogP contribution in [0.15, 0.2) is 12.1 Å². The van der Waals surface area contributed by atoms with Crippen LogP contribution < -0.4 is 0 Å². The van der Waals surface area contributed by atoms with Gasteiger partial charge in [0.1, 0.15) is 5.82 Å².